The van der Waals surface area contributed by atoms with Crippen LogP contribution in [0.5, 0.6) is 0 Å². The van der Waals surface area contributed by atoms with Gasteiger partial charge in [-0.15, -0.1) is 0 Å². The molecule has 0 unspecified atom stereocenters. The van der Waals surface area contributed by atoms with Crippen molar-refractivity contribution in [1.29, 1.82) is 0 Å². The Hall–Kier alpha value is -0.780. The van der Waals surface area contributed by atoms with Gasteiger partial charge >= 0.3 is 0 Å². The lowest BCUT2D eigenvalue weighted by atomic mass is 10.1. The Morgan fingerprint density at radius 2 is 2.00 bits per heavy atom. The van der Waals surface area contributed by atoms with E-state index in [1.165, 1.54) is 12.7 Å². The molecule has 2 rings (SSSR count). The molecule has 1 aliphatic carbocycles. The van der Waals surface area contributed by atoms with Gasteiger partial charge in [0.2, 0.25) is 0 Å². The van der Waals surface area contributed by atoms with E-state index >= 15 is 0 Å². The van der Waals surface area contributed by atoms with Gasteiger partial charge in [0.25, 0.3) is 6.43 Å². The number of halogens is 3. The molecule has 19 heavy (non-hydrogen) atoms. The summed E-state index contributed by atoms with van der Waals surface area (Å²) < 4.78 is 25.4. The van der Waals surface area contributed by atoms with Crippen molar-refractivity contribution in [1.82, 2.24) is 9.97 Å². The Bertz CT molecular complexity index is 415. The number of hydrogen-bond acceptors (Lipinski definition) is 3. The van der Waals surface area contributed by atoms with E-state index < -0.39 is 6.43 Å². The molecule has 0 aromatic carbocycles. The Morgan fingerprint density at radius 3 is 2.74 bits per heavy atom. The van der Waals surface area contributed by atoms with Crippen LogP contribution in [0.25, 0.3) is 0 Å². The molecule has 0 spiro atoms. The third-order valence-electron chi connectivity index (χ3n) is 3.36. The fraction of sp³-hybridized carbons (Fsp3) is 0.692. The van der Waals surface area contributed by atoms with Crippen molar-refractivity contribution in [3.63, 3.8) is 0 Å². The van der Waals surface area contributed by atoms with Crippen LogP contribution in [-0.2, 0) is 12.8 Å². The largest absolute Gasteiger partial charge is 0.350 e. The second-order valence-electron chi connectivity index (χ2n) is 4.71. The van der Waals surface area contributed by atoms with E-state index in [1.54, 1.807) is 4.90 Å². The third kappa shape index (κ3) is 3.84. The molecule has 0 N–H and O–H groups in total. The predicted molar refractivity (Wildman–Crippen MR) is 75.3 cm³/mol. The zero-order valence-corrected chi connectivity index (χ0v) is 12.4. The van der Waals surface area contributed by atoms with Crippen LogP contribution in [0.3, 0.4) is 0 Å². The highest BCUT2D eigenvalue weighted by molar-refractivity contribution is 9.09. The Morgan fingerprint density at radius 1 is 1.21 bits per heavy atom. The summed E-state index contributed by atoms with van der Waals surface area (Å²) in [6, 6.07) is 0. The molecule has 0 saturated heterocycles. The van der Waals surface area contributed by atoms with Crippen molar-refractivity contribution in [3.8, 4) is 0 Å². The summed E-state index contributed by atoms with van der Waals surface area (Å²) in [6.45, 7) is 0.267. The van der Waals surface area contributed by atoms with Crippen LogP contribution in [0.2, 0.25) is 0 Å². The van der Waals surface area contributed by atoms with E-state index in [4.69, 9.17) is 0 Å². The Kier molecular flexibility index (Phi) is 5.48. The first kappa shape index (κ1) is 14.6. The van der Waals surface area contributed by atoms with Gasteiger partial charge < -0.3 is 4.90 Å². The zero-order valence-electron chi connectivity index (χ0n) is 10.8. The number of aromatic nitrogens is 2. The first-order chi connectivity index (χ1) is 9.22. The summed E-state index contributed by atoms with van der Waals surface area (Å²) in [5, 5.41) is 0.651. The highest BCUT2D eigenvalue weighted by atomic mass is 79.9. The first-order valence-electron chi connectivity index (χ1n) is 6.64. The lowest BCUT2D eigenvalue weighted by Crippen LogP contribution is -2.32. The van der Waals surface area contributed by atoms with Crippen LogP contribution < -0.4 is 4.90 Å². The van der Waals surface area contributed by atoms with Crippen molar-refractivity contribution < 1.29 is 8.78 Å². The summed E-state index contributed by atoms with van der Waals surface area (Å²) in [5.74, 6) is 0.701. The van der Waals surface area contributed by atoms with Gasteiger partial charge in [-0.05, 0) is 25.7 Å². The topological polar surface area (TPSA) is 29.0 Å². The molecule has 6 heteroatoms. The fourth-order valence-corrected chi connectivity index (χ4v) is 2.93. The minimum Gasteiger partial charge on any atom is -0.350 e. The number of alkyl halides is 3. The zero-order chi connectivity index (χ0) is 13.7. The molecule has 1 aromatic rings. The highest BCUT2D eigenvalue weighted by Crippen LogP contribution is 2.26. The summed E-state index contributed by atoms with van der Waals surface area (Å²) in [6.07, 6.45) is 4.36. The van der Waals surface area contributed by atoms with E-state index in [9.17, 15) is 8.78 Å². The van der Waals surface area contributed by atoms with E-state index in [-0.39, 0.29) is 6.54 Å². The van der Waals surface area contributed by atoms with Crippen LogP contribution >= 0.6 is 15.9 Å². The second-order valence-corrected chi connectivity index (χ2v) is 5.50. The van der Waals surface area contributed by atoms with Gasteiger partial charge in [0.1, 0.15) is 12.1 Å². The van der Waals surface area contributed by atoms with Crippen molar-refractivity contribution in [3.05, 3.63) is 17.6 Å². The van der Waals surface area contributed by atoms with Gasteiger partial charge in [-0.25, -0.2) is 18.7 Å². The summed E-state index contributed by atoms with van der Waals surface area (Å²) in [7, 11) is 0. The Labute approximate surface area is 120 Å². The molecule has 0 amide bonds. The van der Waals surface area contributed by atoms with Crippen molar-refractivity contribution in [2.24, 2.45) is 0 Å². The molecular weight excluding hydrogens is 316 g/mol. The lowest BCUT2D eigenvalue weighted by molar-refractivity contribution is 0.155. The number of rotatable bonds is 5. The maximum atomic E-state index is 12.7. The van der Waals surface area contributed by atoms with E-state index in [2.05, 4.69) is 25.9 Å². The van der Waals surface area contributed by atoms with Gasteiger partial charge in [-0.2, -0.15) is 0 Å². The molecule has 1 heterocycles. The van der Waals surface area contributed by atoms with Crippen LogP contribution in [-0.4, -0.2) is 34.8 Å². The summed E-state index contributed by atoms with van der Waals surface area (Å²) >= 11 is 3.32. The summed E-state index contributed by atoms with van der Waals surface area (Å²) in [5.41, 5.74) is 2.11. The first-order valence-corrected chi connectivity index (χ1v) is 7.76. The molecule has 0 aliphatic heterocycles. The molecule has 1 aromatic heterocycles. The molecule has 0 radical (unpaired) electrons. The van der Waals surface area contributed by atoms with Crippen molar-refractivity contribution in [2.45, 2.75) is 38.5 Å². The van der Waals surface area contributed by atoms with Crippen LogP contribution in [0, 0.1) is 0 Å². The van der Waals surface area contributed by atoms with Crippen LogP contribution in [0.1, 0.15) is 30.5 Å². The van der Waals surface area contributed by atoms with Gasteiger partial charge in [-0.3, -0.25) is 0 Å². The average molecular weight is 334 g/mol. The number of anilines is 1. The molecule has 0 atom stereocenters. The maximum absolute atomic E-state index is 12.7. The lowest BCUT2D eigenvalue weighted by Gasteiger charge is -2.25. The van der Waals surface area contributed by atoms with Crippen LogP contribution in [0.4, 0.5) is 14.6 Å². The van der Waals surface area contributed by atoms with Gasteiger partial charge in [0.15, 0.2) is 0 Å². The highest BCUT2D eigenvalue weighted by Gasteiger charge is 2.20. The molecule has 106 valence electrons. The molecule has 0 saturated carbocycles. The van der Waals surface area contributed by atoms with Gasteiger partial charge in [0.05, 0.1) is 6.54 Å². The van der Waals surface area contributed by atoms with E-state index in [1.807, 2.05) is 0 Å². The smallest absolute Gasteiger partial charge is 0.255 e. The molecule has 0 bridgehead atoms. The molecule has 1 aliphatic rings. The second kappa shape index (κ2) is 7.12. The monoisotopic (exact) mass is 333 g/mol. The summed E-state index contributed by atoms with van der Waals surface area (Å²) in [4.78, 5) is 10.3. The molecular formula is C13H18BrF2N3. The molecule has 3 nitrogen and oxygen atoms in total. The van der Waals surface area contributed by atoms with Crippen molar-refractivity contribution in [2.75, 3.05) is 23.3 Å². The normalized spacial score (nSPS) is 15.2. The number of fused-ring (bicyclic) bond motifs is 1. The number of aryl methyl sites for hydroxylation is 1. The fourth-order valence-electron chi connectivity index (χ4n) is 2.51. The minimum atomic E-state index is -2.35. The quantitative estimate of drug-likeness (QED) is 0.612. The average Bonchev–Trinajstić information content (AvgIpc) is 2.62. The SMILES string of the molecule is FC(F)CN(CCBr)c1ncnc2c1CCCCC2. The van der Waals surface area contributed by atoms with Gasteiger partial charge in [-0.1, -0.05) is 22.4 Å². The third-order valence-corrected chi connectivity index (χ3v) is 3.72. The molecule has 0 fully saturated rings. The van der Waals surface area contributed by atoms with Crippen molar-refractivity contribution >= 4 is 21.7 Å². The Balaban J connectivity index is 2.30. The standard InChI is InChI=1S/C13H18BrF2N3/c14-6-7-19(8-12(15)16)13-10-4-2-1-3-5-11(10)17-9-18-13/h9,12H,1-8H2. The van der Waals surface area contributed by atoms with E-state index in [0.717, 1.165) is 36.9 Å². The minimum absolute atomic E-state index is 0.269. The number of nitrogens with zero attached hydrogens (tertiary/aromatic N) is 3. The predicted octanol–water partition coefficient (Wildman–Crippen LogP) is 3.21. The number of hydrogen-bond donors (Lipinski definition) is 0. The van der Waals surface area contributed by atoms with Gasteiger partial charge in [0, 0.05) is 23.1 Å². The van der Waals surface area contributed by atoms with E-state index in [0.29, 0.717) is 17.7 Å². The maximum Gasteiger partial charge on any atom is 0.255 e. The van der Waals surface area contributed by atoms with Crippen LogP contribution in [0.15, 0.2) is 6.33 Å².